The van der Waals surface area contributed by atoms with E-state index in [-0.39, 0.29) is 37.0 Å². The molecule has 0 aromatic heterocycles. The van der Waals surface area contributed by atoms with Crippen molar-refractivity contribution in [2.75, 3.05) is 26.4 Å². The minimum Gasteiger partial charge on any atom is -0.394 e. The second-order valence-corrected chi connectivity index (χ2v) is 5.03. The average Bonchev–Trinajstić information content (AvgIpc) is 3.12. The Hall–Kier alpha value is -2.36. The zero-order chi connectivity index (χ0) is 18.7. The molecule has 0 amide bonds. The molecule has 0 saturated carbocycles. The van der Waals surface area contributed by atoms with E-state index in [1.807, 2.05) is 12.2 Å². The van der Waals surface area contributed by atoms with Crippen LogP contribution in [0.15, 0.2) is 24.3 Å². The maximum atomic E-state index is 10.9. The Morgan fingerprint density at radius 2 is 1.28 bits per heavy atom. The maximum Gasteiger partial charge on any atom is 0.338 e. The highest BCUT2D eigenvalue weighted by atomic mass is 16.6. The van der Waals surface area contributed by atoms with Gasteiger partial charge in [0.25, 0.3) is 0 Å². The molecular weight excluding hydrogens is 336 g/mol. The fourth-order valence-electron chi connectivity index (χ4n) is 2.12. The summed E-state index contributed by atoms with van der Waals surface area (Å²) in [6.45, 7) is 0.696. The van der Waals surface area contributed by atoms with E-state index in [1.54, 1.807) is 0 Å². The predicted molar refractivity (Wildman–Crippen MR) is 81.7 cm³/mol. The molecule has 0 bridgehead atoms. The number of fused-ring (bicyclic) bond motifs is 1. The molecule has 9 nitrogen and oxygen atoms in total. The first-order chi connectivity index (χ1) is 12.0. The van der Waals surface area contributed by atoms with Crippen LogP contribution in [-0.2, 0) is 33.4 Å². The third kappa shape index (κ3) is 7.38. The lowest BCUT2D eigenvalue weighted by atomic mass is 9.85. The van der Waals surface area contributed by atoms with Gasteiger partial charge in [-0.3, -0.25) is 9.59 Å². The van der Waals surface area contributed by atoms with E-state index in [9.17, 15) is 19.2 Å². The van der Waals surface area contributed by atoms with Gasteiger partial charge in [0.05, 0.1) is 38.3 Å². The minimum absolute atomic E-state index is 0.0278. The van der Waals surface area contributed by atoms with E-state index < -0.39 is 11.9 Å². The van der Waals surface area contributed by atoms with Crippen molar-refractivity contribution in [2.45, 2.75) is 12.8 Å². The Labute approximate surface area is 143 Å². The fourth-order valence-corrected chi connectivity index (χ4v) is 2.12. The smallest absolute Gasteiger partial charge is 0.338 e. The summed E-state index contributed by atoms with van der Waals surface area (Å²) in [7, 11) is 0. The van der Waals surface area contributed by atoms with E-state index in [4.69, 9.17) is 10.2 Å². The predicted octanol–water partition coefficient (Wildman–Crippen LogP) is -0.734. The molecule has 0 radical (unpaired) electrons. The minimum atomic E-state index is -0.579. The first kappa shape index (κ1) is 20.7. The molecule has 138 valence electrons. The normalized spacial score (nSPS) is 23.1. The van der Waals surface area contributed by atoms with Crippen molar-refractivity contribution in [3.05, 3.63) is 24.3 Å². The SMILES string of the molecule is O=C1C=CC(=O)O1.O=C1OC(=O)C2CC=CCC12.OCCOCCO. The van der Waals surface area contributed by atoms with E-state index in [2.05, 4.69) is 14.2 Å². The van der Waals surface area contributed by atoms with Gasteiger partial charge in [-0.25, -0.2) is 9.59 Å². The molecule has 2 atom stereocenters. The maximum absolute atomic E-state index is 10.9. The van der Waals surface area contributed by atoms with Gasteiger partial charge in [-0.15, -0.1) is 0 Å². The molecule has 3 aliphatic rings. The van der Waals surface area contributed by atoms with Crippen LogP contribution in [0.1, 0.15) is 12.8 Å². The molecule has 2 heterocycles. The van der Waals surface area contributed by atoms with Crippen molar-refractivity contribution >= 4 is 23.9 Å². The van der Waals surface area contributed by atoms with Gasteiger partial charge in [0.15, 0.2) is 0 Å². The van der Waals surface area contributed by atoms with Gasteiger partial charge in [0.1, 0.15) is 0 Å². The molecule has 0 aromatic rings. The van der Waals surface area contributed by atoms with Gasteiger partial charge in [-0.1, -0.05) is 12.2 Å². The highest BCUT2D eigenvalue weighted by molar-refractivity contribution is 6.04. The Morgan fingerprint density at radius 3 is 1.60 bits per heavy atom. The van der Waals surface area contributed by atoms with Gasteiger partial charge >= 0.3 is 23.9 Å². The van der Waals surface area contributed by atoms with Gasteiger partial charge < -0.3 is 24.4 Å². The molecule has 1 saturated heterocycles. The molecule has 1 fully saturated rings. The average molecular weight is 356 g/mol. The van der Waals surface area contributed by atoms with Gasteiger partial charge in [-0.2, -0.15) is 0 Å². The Morgan fingerprint density at radius 1 is 0.840 bits per heavy atom. The van der Waals surface area contributed by atoms with Crippen LogP contribution in [0, 0.1) is 11.8 Å². The number of aliphatic hydroxyl groups is 2. The highest BCUT2D eigenvalue weighted by Gasteiger charge is 2.43. The van der Waals surface area contributed by atoms with Crippen molar-refractivity contribution in [1.82, 2.24) is 0 Å². The van der Waals surface area contributed by atoms with Crippen LogP contribution in [0.25, 0.3) is 0 Å². The van der Waals surface area contributed by atoms with Crippen molar-refractivity contribution in [2.24, 2.45) is 11.8 Å². The molecule has 0 spiro atoms. The monoisotopic (exact) mass is 356 g/mol. The lowest BCUT2D eigenvalue weighted by Crippen LogP contribution is -2.18. The van der Waals surface area contributed by atoms with E-state index in [0.29, 0.717) is 26.1 Å². The summed E-state index contributed by atoms with van der Waals surface area (Å²) in [5.41, 5.74) is 0. The molecule has 9 heteroatoms. The number of cyclic esters (lactones) is 4. The Balaban J connectivity index is 0.000000197. The molecule has 0 aromatic carbocycles. The first-order valence-corrected chi connectivity index (χ1v) is 7.63. The summed E-state index contributed by atoms with van der Waals surface area (Å²) in [5.74, 6) is -2.22. The molecule has 25 heavy (non-hydrogen) atoms. The van der Waals surface area contributed by atoms with Crippen LogP contribution >= 0.6 is 0 Å². The number of rotatable bonds is 4. The highest BCUT2D eigenvalue weighted by Crippen LogP contribution is 2.32. The van der Waals surface area contributed by atoms with E-state index >= 15 is 0 Å². The standard InChI is InChI=1S/C8H8O3.C4H2O3.C4H10O3/c9-7-5-3-1-2-4-6(5)8(10)11-7;5-3-1-2-4(6)7-3;5-1-3-7-4-2-6/h1-2,5-6H,3-4H2;1-2H;5-6H,1-4H2. The number of hydrogen-bond acceptors (Lipinski definition) is 9. The summed E-state index contributed by atoms with van der Waals surface area (Å²) in [5, 5.41) is 16.2. The van der Waals surface area contributed by atoms with Crippen molar-refractivity contribution in [1.29, 1.82) is 0 Å². The second kappa shape index (κ2) is 11.2. The van der Waals surface area contributed by atoms with E-state index in [0.717, 1.165) is 12.2 Å². The second-order valence-electron chi connectivity index (χ2n) is 5.03. The van der Waals surface area contributed by atoms with E-state index in [1.165, 1.54) is 0 Å². The molecular formula is C16H20O9. The van der Waals surface area contributed by atoms with Crippen molar-refractivity contribution in [3.8, 4) is 0 Å². The van der Waals surface area contributed by atoms with Crippen LogP contribution < -0.4 is 0 Å². The van der Waals surface area contributed by atoms with Crippen LogP contribution in [0.5, 0.6) is 0 Å². The molecule has 2 aliphatic heterocycles. The van der Waals surface area contributed by atoms with Gasteiger partial charge in [0, 0.05) is 12.2 Å². The number of aliphatic hydroxyl groups excluding tert-OH is 2. The third-order valence-corrected chi connectivity index (χ3v) is 3.27. The number of allylic oxidation sites excluding steroid dienone is 2. The van der Waals surface area contributed by atoms with Gasteiger partial charge in [-0.05, 0) is 12.8 Å². The number of hydrogen-bond donors (Lipinski definition) is 2. The molecule has 2 N–H and O–H groups in total. The number of carbonyl (C=O) groups is 4. The van der Waals surface area contributed by atoms with Crippen LogP contribution in [-0.4, -0.2) is 60.5 Å². The molecule has 1 aliphatic carbocycles. The summed E-state index contributed by atoms with van der Waals surface area (Å²) < 4.78 is 13.1. The number of carbonyl (C=O) groups excluding carboxylic acids is 4. The zero-order valence-electron chi connectivity index (χ0n) is 13.5. The largest absolute Gasteiger partial charge is 0.394 e. The van der Waals surface area contributed by atoms with Crippen molar-refractivity contribution < 1.29 is 43.6 Å². The Bertz CT molecular complexity index is 506. The summed E-state index contributed by atoms with van der Waals surface area (Å²) in [6.07, 6.45) is 7.36. The van der Waals surface area contributed by atoms with Gasteiger partial charge in [0.2, 0.25) is 0 Å². The van der Waals surface area contributed by atoms with Crippen LogP contribution in [0.3, 0.4) is 0 Å². The zero-order valence-corrected chi connectivity index (χ0v) is 13.5. The summed E-state index contributed by atoms with van der Waals surface area (Å²) in [6, 6.07) is 0. The molecule has 3 rings (SSSR count). The van der Waals surface area contributed by atoms with Crippen LogP contribution in [0.4, 0.5) is 0 Å². The summed E-state index contributed by atoms with van der Waals surface area (Å²) in [4.78, 5) is 41.7. The topological polar surface area (TPSA) is 136 Å². The summed E-state index contributed by atoms with van der Waals surface area (Å²) >= 11 is 0. The number of ether oxygens (including phenoxy) is 3. The van der Waals surface area contributed by atoms with Crippen molar-refractivity contribution in [3.63, 3.8) is 0 Å². The first-order valence-electron chi connectivity index (χ1n) is 7.63. The Kier molecular flexibility index (Phi) is 9.30. The lowest BCUT2D eigenvalue weighted by Gasteiger charge is -2.12. The quantitative estimate of drug-likeness (QED) is 0.289. The molecule has 2 unspecified atom stereocenters. The lowest BCUT2D eigenvalue weighted by molar-refractivity contribution is -0.154. The van der Waals surface area contributed by atoms with Crippen LogP contribution in [0.2, 0.25) is 0 Å². The number of esters is 4. The fraction of sp³-hybridized carbons (Fsp3) is 0.500. The third-order valence-electron chi connectivity index (χ3n) is 3.27.